The molecule has 18 heavy (non-hydrogen) atoms. The average molecular weight is 268 g/mol. The highest BCUT2D eigenvalue weighted by Crippen LogP contribution is 2.16. The second-order valence-corrected chi connectivity index (χ2v) is 6.66. The molecule has 1 unspecified atom stereocenters. The van der Waals surface area contributed by atoms with Crippen molar-refractivity contribution in [3.8, 4) is 0 Å². The predicted octanol–water partition coefficient (Wildman–Crippen LogP) is 1.88. The zero-order valence-corrected chi connectivity index (χ0v) is 11.5. The Hall–Kier alpha value is -1.07. The first-order valence-electron chi connectivity index (χ1n) is 6.36. The van der Waals surface area contributed by atoms with E-state index in [4.69, 9.17) is 0 Å². The van der Waals surface area contributed by atoms with Crippen LogP contribution >= 0.6 is 0 Å². The van der Waals surface area contributed by atoms with E-state index >= 15 is 0 Å². The van der Waals surface area contributed by atoms with Crippen molar-refractivity contribution < 1.29 is 8.42 Å². The van der Waals surface area contributed by atoms with Crippen molar-refractivity contribution in [1.29, 1.82) is 0 Å². The fraction of sp³-hybridized carbons (Fsp3) is 0.538. The fourth-order valence-electron chi connectivity index (χ4n) is 2.21. The van der Waals surface area contributed by atoms with E-state index < -0.39 is 10.0 Å². The number of para-hydroxylation sites is 1. The minimum atomic E-state index is -3.23. The summed E-state index contributed by atoms with van der Waals surface area (Å²) in [5.74, 6) is 0.180. The Balaban J connectivity index is 1.92. The normalized spacial score (nSPS) is 19.9. The van der Waals surface area contributed by atoms with Crippen LogP contribution in [0.3, 0.4) is 0 Å². The first kappa shape index (κ1) is 13.4. The van der Waals surface area contributed by atoms with Gasteiger partial charge < -0.3 is 5.32 Å². The minimum Gasteiger partial charge on any atom is -0.314 e. The number of hydrogen-bond donors (Lipinski definition) is 2. The van der Waals surface area contributed by atoms with E-state index in [0.29, 0.717) is 18.2 Å². The summed E-state index contributed by atoms with van der Waals surface area (Å²) < 4.78 is 26.6. The minimum absolute atomic E-state index is 0.180. The third-order valence-corrected chi connectivity index (χ3v) is 4.61. The lowest BCUT2D eigenvalue weighted by atomic mass is 10.2. The molecule has 0 radical (unpaired) electrons. The van der Waals surface area contributed by atoms with Crippen LogP contribution in [0.2, 0.25) is 0 Å². The SMILES string of the molecule is Cc1ccccc1NS(=O)(=O)CCC1CCCN1. The van der Waals surface area contributed by atoms with Gasteiger partial charge in [-0.1, -0.05) is 18.2 Å². The van der Waals surface area contributed by atoms with Gasteiger partial charge in [-0.15, -0.1) is 0 Å². The quantitative estimate of drug-likeness (QED) is 0.857. The molecule has 0 amide bonds. The second-order valence-electron chi connectivity index (χ2n) is 4.82. The number of sulfonamides is 1. The number of anilines is 1. The molecule has 0 spiro atoms. The van der Waals surface area contributed by atoms with E-state index in [1.54, 1.807) is 6.07 Å². The molecule has 0 aliphatic carbocycles. The number of aryl methyl sites for hydroxylation is 1. The van der Waals surface area contributed by atoms with Crippen molar-refractivity contribution in [2.45, 2.75) is 32.2 Å². The molecule has 5 heteroatoms. The Bertz CT molecular complexity index is 493. The van der Waals surface area contributed by atoms with E-state index in [0.717, 1.165) is 24.9 Å². The van der Waals surface area contributed by atoms with Gasteiger partial charge in [0, 0.05) is 6.04 Å². The Morgan fingerprint density at radius 3 is 2.83 bits per heavy atom. The van der Waals surface area contributed by atoms with Gasteiger partial charge in [0.15, 0.2) is 0 Å². The van der Waals surface area contributed by atoms with Crippen molar-refractivity contribution >= 4 is 15.7 Å². The van der Waals surface area contributed by atoms with Crippen LogP contribution in [-0.4, -0.2) is 26.8 Å². The van der Waals surface area contributed by atoms with Gasteiger partial charge in [0.1, 0.15) is 0 Å². The molecular formula is C13H20N2O2S. The van der Waals surface area contributed by atoms with Gasteiger partial charge in [-0.25, -0.2) is 8.42 Å². The molecule has 2 rings (SSSR count). The molecule has 1 aliphatic rings. The van der Waals surface area contributed by atoms with Crippen LogP contribution in [-0.2, 0) is 10.0 Å². The topological polar surface area (TPSA) is 58.2 Å². The maximum absolute atomic E-state index is 12.0. The monoisotopic (exact) mass is 268 g/mol. The summed E-state index contributed by atoms with van der Waals surface area (Å²) in [5, 5.41) is 3.31. The molecule has 1 saturated heterocycles. The summed E-state index contributed by atoms with van der Waals surface area (Å²) in [4.78, 5) is 0. The van der Waals surface area contributed by atoms with Crippen LogP contribution in [0.1, 0.15) is 24.8 Å². The highest BCUT2D eigenvalue weighted by molar-refractivity contribution is 7.92. The summed E-state index contributed by atoms with van der Waals surface area (Å²) in [7, 11) is -3.23. The Morgan fingerprint density at radius 2 is 2.17 bits per heavy atom. The summed E-state index contributed by atoms with van der Waals surface area (Å²) >= 11 is 0. The van der Waals surface area contributed by atoms with Gasteiger partial charge in [-0.3, -0.25) is 4.72 Å². The lowest BCUT2D eigenvalue weighted by Gasteiger charge is -2.13. The van der Waals surface area contributed by atoms with Gasteiger partial charge in [0.2, 0.25) is 10.0 Å². The van der Waals surface area contributed by atoms with Gasteiger partial charge >= 0.3 is 0 Å². The van der Waals surface area contributed by atoms with Crippen molar-refractivity contribution in [3.63, 3.8) is 0 Å². The molecule has 0 aromatic heterocycles. The van der Waals surface area contributed by atoms with Crippen LogP contribution in [0, 0.1) is 6.92 Å². The standard InChI is InChI=1S/C13H20N2O2S/c1-11-5-2-3-7-13(11)15-18(16,17)10-8-12-6-4-9-14-12/h2-3,5,7,12,14-15H,4,6,8-10H2,1H3. The Labute approximate surface area is 109 Å². The lowest BCUT2D eigenvalue weighted by Crippen LogP contribution is -2.26. The van der Waals surface area contributed by atoms with E-state index in [-0.39, 0.29) is 5.75 Å². The molecule has 0 bridgehead atoms. The first-order chi connectivity index (χ1) is 8.57. The molecule has 1 heterocycles. The summed E-state index contributed by atoms with van der Waals surface area (Å²) in [6.07, 6.45) is 2.91. The first-order valence-corrected chi connectivity index (χ1v) is 8.01. The van der Waals surface area contributed by atoms with Gasteiger partial charge in [0.05, 0.1) is 11.4 Å². The molecule has 1 atom stereocenters. The van der Waals surface area contributed by atoms with Crippen molar-refractivity contribution in [2.75, 3.05) is 17.0 Å². The van der Waals surface area contributed by atoms with Gasteiger partial charge in [-0.05, 0) is 44.4 Å². The molecule has 2 N–H and O–H groups in total. The molecule has 1 fully saturated rings. The van der Waals surface area contributed by atoms with E-state index in [2.05, 4.69) is 10.0 Å². The third-order valence-electron chi connectivity index (χ3n) is 3.31. The van der Waals surface area contributed by atoms with Crippen LogP contribution in [0.4, 0.5) is 5.69 Å². The molecule has 1 aromatic carbocycles. The van der Waals surface area contributed by atoms with Crippen LogP contribution in [0.15, 0.2) is 24.3 Å². The highest BCUT2D eigenvalue weighted by Gasteiger charge is 2.18. The van der Waals surface area contributed by atoms with Crippen LogP contribution in [0.25, 0.3) is 0 Å². The zero-order valence-electron chi connectivity index (χ0n) is 10.6. The van der Waals surface area contributed by atoms with Crippen molar-refractivity contribution in [2.24, 2.45) is 0 Å². The maximum atomic E-state index is 12.0. The fourth-order valence-corrected chi connectivity index (χ4v) is 3.47. The largest absolute Gasteiger partial charge is 0.314 e. The number of hydrogen-bond acceptors (Lipinski definition) is 3. The van der Waals surface area contributed by atoms with Crippen LogP contribution in [0.5, 0.6) is 0 Å². The number of nitrogens with one attached hydrogen (secondary N) is 2. The van der Waals surface area contributed by atoms with E-state index in [1.807, 2.05) is 25.1 Å². The smallest absolute Gasteiger partial charge is 0.232 e. The van der Waals surface area contributed by atoms with Crippen molar-refractivity contribution in [3.05, 3.63) is 29.8 Å². The Kier molecular flexibility index (Phi) is 4.24. The summed E-state index contributed by atoms with van der Waals surface area (Å²) in [6, 6.07) is 7.79. The summed E-state index contributed by atoms with van der Waals surface area (Å²) in [6.45, 7) is 2.91. The van der Waals surface area contributed by atoms with Gasteiger partial charge in [0.25, 0.3) is 0 Å². The molecule has 1 aliphatic heterocycles. The number of benzene rings is 1. The molecule has 0 saturated carbocycles. The Morgan fingerprint density at radius 1 is 1.39 bits per heavy atom. The second kappa shape index (κ2) is 5.71. The molecule has 1 aromatic rings. The molecule has 100 valence electrons. The maximum Gasteiger partial charge on any atom is 0.232 e. The number of rotatable bonds is 5. The van der Waals surface area contributed by atoms with Crippen LogP contribution < -0.4 is 10.0 Å². The highest BCUT2D eigenvalue weighted by atomic mass is 32.2. The summed E-state index contributed by atoms with van der Waals surface area (Å²) in [5.41, 5.74) is 1.62. The molecular weight excluding hydrogens is 248 g/mol. The average Bonchev–Trinajstić information content (AvgIpc) is 2.83. The van der Waals surface area contributed by atoms with E-state index in [9.17, 15) is 8.42 Å². The lowest BCUT2D eigenvalue weighted by molar-refractivity contribution is 0.565. The molecule has 4 nitrogen and oxygen atoms in total. The zero-order chi connectivity index (χ0) is 13.0. The third kappa shape index (κ3) is 3.71. The van der Waals surface area contributed by atoms with Gasteiger partial charge in [-0.2, -0.15) is 0 Å². The predicted molar refractivity (Wildman–Crippen MR) is 74.2 cm³/mol. The van der Waals surface area contributed by atoms with Crippen molar-refractivity contribution in [1.82, 2.24) is 5.32 Å². The van der Waals surface area contributed by atoms with E-state index in [1.165, 1.54) is 0 Å².